The van der Waals surface area contributed by atoms with Gasteiger partial charge >= 0.3 is 0 Å². The third-order valence-electron chi connectivity index (χ3n) is 4.10. The summed E-state index contributed by atoms with van der Waals surface area (Å²) in [7, 11) is 0. The summed E-state index contributed by atoms with van der Waals surface area (Å²) in [6, 6.07) is 12.4. The second kappa shape index (κ2) is 7.57. The van der Waals surface area contributed by atoms with Crippen LogP contribution in [0, 0.1) is 11.6 Å². The van der Waals surface area contributed by atoms with Crippen LogP contribution in [0.1, 0.15) is 10.4 Å². The van der Waals surface area contributed by atoms with E-state index in [1.165, 1.54) is 24.3 Å². The van der Waals surface area contributed by atoms with Gasteiger partial charge in [-0.2, -0.15) is 0 Å². The number of benzene rings is 2. The number of para-hydroxylation sites is 1. The highest BCUT2D eigenvalue weighted by molar-refractivity contribution is 7.80. The molecular weight excluding hydrogens is 344 g/mol. The second-order valence-corrected chi connectivity index (χ2v) is 6.05. The van der Waals surface area contributed by atoms with Crippen LogP contribution in [0.4, 0.5) is 14.5 Å². The Hall–Kier alpha value is -2.54. The summed E-state index contributed by atoms with van der Waals surface area (Å²) in [5.74, 6) is -1.42. The maximum absolute atomic E-state index is 13.9. The molecule has 130 valence electrons. The van der Waals surface area contributed by atoms with E-state index in [9.17, 15) is 13.6 Å². The average molecular weight is 361 g/mol. The van der Waals surface area contributed by atoms with E-state index in [-0.39, 0.29) is 16.5 Å². The topological polar surface area (TPSA) is 35.6 Å². The minimum atomic E-state index is -0.591. The molecule has 0 spiro atoms. The van der Waals surface area contributed by atoms with Crippen LogP contribution in [0.25, 0.3) is 0 Å². The minimum Gasteiger partial charge on any atom is -0.366 e. The molecule has 0 atom stereocenters. The van der Waals surface area contributed by atoms with Gasteiger partial charge in [-0.05, 0) is 36.5 Å². The first kappa shape index (κ1) is 17.3. The summed E-state index contributed by atoms with van der Waals surface area (Å²) in [4.78, 5) is 15.9. The lowest BCUT2D eigenvalue weighted by atomic mass is 10.2. The Morgan fingerprint density at radius 2 is 1.52 bits per heavy atom. The first-order chi connectivity index (χ1) is 12.1. The Morgan fingerprint density at radius 1 is 0.920 bits per heavy atom. The molecule has 1 aliphatic heterocycles. The molecule has 3 rings (SSSR count). The fourth-order valence-electron chi connectivity index (χ4n) is 2.75. The number of anilines is 1. The van der Waals surface area contributed by atoms with Gasteiger partial charge in [-0.25, -0.2) is 8.78 Å². The molecule has 2 aromatic carbocycles. The molecule has 25 heavy (non-hydrogen) atoms. The van der Waals surface area contributed by atoms with Gasteiger partial charge in [-0.15, -0.1) is 0 Å². The number of carbonyl (C=O) groups is 1. The standard InChI is InChI=1S/C18H17F2N3OS/c19-14-6-2-1-5-13(14)17(24)21-18(25)23-11-9-22(10-12-23)16-8-4-3-7-15(16)20/h1-8H,9-12H2,(H,21,24,25). The van der Waals surface area contributed by atoms with Crippen molar-refractivity contribution in [1.29, 1.82) is 0 Å². The zero-order valence-corrected chi connectivity index (χ0v) is 14.2. The van der Waals surface area contributed by atoms with Gasteiger partial charge in [0, 0.05) is 26.2 Å². The van der Waals surface area contributed by atoms with Crippen molar-refractivity contribution in [2.24, 2.45) is 0 Å². The molecule has 7 heteroatoms. The van der Waals surface area contributed by atoms with Gasteiger partial charge in [-0.3, -0.25) is 10.1 Å². The van der Waals surface area contributed by atoms with Crippen molar-refractivity contribution in [2.45, 2.75) is 0 Å². The smallest absolute Gasteiger partial charge is 0.260 e. The lowest BCUT2D eigenvalue weighted by molar-refractivity contribution is 0.0969. The molecular formula is C18H17F2N3OS. The Bertz CT molecular complexity index is 791. The number of hydrogen-bond acceptors (Lipinski definition) is 3. The van der Waals surface area contributed by atoms with Gasteiger partial charge in [0.15, 0.2) is 5.11 Å². The number of nitrogens with zero attached hydrogens (tertiary/aromatic N) is 2. The van der Waals surface area contributed by atoms with E-state index in [2.05, 4.69) is 5.32 Å². The van der Waals surface area contributed by atoms with Crippen molar-refractivity contribution in [1.82, 2.24) is 10.2 Å². The van der Waals surface area contributed by atoms with E-state index in [1.807, 2.05) is 9.80 Å². The lowest BCUT2D eigenvalue weighted by Crippen LogP contribution is -2.53. The summed E-state index contributed by atoms with van der Waals surface area (Å²) in [5.41, 5.74) is 0.512. The number of rotatable bonds is 2. The molecule has 1 N–H and O–H groups in total. The normalized spacial score (nSPS) is 14.3. The number of carbonyl (C=O) groups excluding carboxylic acids is 1. The van der Waals surface area contributed by atoms with Gasteiger partial charge in [-0.1, -0.05) is 24.3 Å². The summed E-state index contributed by atoms with van der Waals surface area (Å²) in [5, 5.41) is 2.81. The molecule has 1 fully saturated rings. The highest BCUT2D eigenvalue weighted by Crippen LogP contribution is 2.20. The molecule has 1 aliphatic rings. The number of amides is 1. The van der Waals surface area contributed by atoms with Crippen molar-refractivity contribution in [2.75, 3.05) is 31.1 Å². The lowest BCUT2D eigenvalue weighted by Gasteiger charge is -2.37. The average Bonchev–Trinajstić information content (AvgIpc) is 2.62. The maximum Gasteiger partial charge on any atom is 0.260 e. The Morgan fingerprint density at radius 3 is 2.16 bits per heavy atom. The van der Waals surface area contributed by atoms with Crippen LogP contribution in [0.2, 0.25) is 0 Å². The molecule has 1 heterocycles. The van der Waals surface area contributed by atoms with E-state index in [1.54, 1.807) is 24.3 Å². The molecule has 4 nitrogen and oxygen atoms in total. The predicted molar refractivity (Wildman–Crippen MR) is 96.7 cm³/mol. The summed E-state index contributed by atoms with van der Waals surface area (Å²) >= 11 is 5.25. The highest BCUT2D eigenvalue weighted by atomic mass is 32.1. The van der Waals surface area contributed by atoms with Crippen LogP contribution < -0.4 is 10.2 Å². The van der Waals surface area contributed by atoms with Crippen LogP contribution in [-0.2, 0) is 0 Å². The molecule has 0 bridgehead atoms. The molecule has 0 aromatic heterocycles. The molecule has 0 unspecified atom stereocenters. The third-order valence-corrected chi connectivity index (χ3v) is 4.46. The molecule has 0 radical (unpaired) electrons. The summed E-state index contributed by atoms with van der Waals surface area (Å²) in [6.45, 7) is 2.25. The summed E-state index contributed by atoms with van der Waals surface area (Å²) < 4.78 is 27.5. The van der Waals surface area contributed by atoms with Crippen LogP contribution in [0.3, 0.4) is 0 Å². The number of piperazine rings is 1. The Labute approximate surface area is 150 Å². The van der Waals surface area contributed by atoms with Gasteiger partial charge in [0.25, 0.3) is 5.91 Å². The zero-order chi connectivity index (χ0) is 17.8. The SMILES string of the molecule is O=C(NC(=S)N1CCN(c2ccccc2F)CC1)c1ccccc1F. The fraction of sp³-hybridized carbons (Fsp3) is 0.222. The number of hydrogen-bond donors (Lipinski definition) is 1. The highest BCUT2D eigenvalue weighted by Gasteiger charge is 2.22. The van der Waals surface area contributed by atoms with Crippen molar-refractivity contribution < 1.29 is 13.6 Å². The van der Waals surface area contributed by atoms with Crippen LogP contribution in [0.15, 0.2) is 48.5 Å². The van der Waals surface area contributed by atoms with E-state index >= 15 is 0 Å². The van der Waals surface area contributed by atoms with Crippen molar-refractivity contribution in [3.8, 4) is 0 Å². The van der Waals surface area contributed by atoms with Gasteiger partial charge in [0.2, 0.25) is 0 Å². The molecule has 0 saturated carbocycles. The predicted octanol–water partition coefficient (Wildman–Crippen LogP) is 2.80. The Kier molecular flexibility index (Phi) is 5.23. The van der Waals surface area contributed by atoms with Crippen LogP contribution >= 0.6 is 12.2 Å². The fourth-order valence-corrected chi connectivity index (χ4v) is 3.02. The van der Waals surface area contributed by atoms with Crippen molar-refractivity contribution in [3.63, 3.8) is 0 Å². The van der Waals surface area contributed by atoms with Crippen molar-refractivity contribution in [3.05, 3.63) is 65.7 Å². The van der Waals surface area contributed by atoms with Crippen LogP contribution in [-0.4, -0.2) is 42.1 Å². The van der Waals surface area contributed by atoms with E-state index < -0.39 is 11.7 Å². The molecule has 1 saturated heterocycles. The maximum atomic E-state index is 13.9. The van der Waals surface area contributed by atoms with E-state index in [4.69, 9.17) is 12.2 Å². The first-order valence-corrected chi connectivity index (χ1v) is 8.31. The number of nitrogens with one attached hydrogen (secondary N) is 1. The quantitative estimate of drug-likeness (QED) is 0.835. The van der Waals surface area contributed by atoms with E-state index in [0.29, 0.717) is 31.9 Å². The summed E-state index contributed by atoms with van der Waals surface area (Å²) in [6.07, 6.45) is 0. The zero-order valence-electron chi connectivity index (χ0n) is 13.4. The van der Waals surface area contributed by atoms with Gasteiger partial charge < -0.3 is 9.80 Å². The van der Waals surface area contributed by atoms with Gasteiger partial charge in [0.1, 0.15) is 11.6 Å². The minimum absolute atomic E-state index is 0.0464. The van der Waals surface area contributed by atoms with Gasteiger partial charge in [0.05, 0.1) is 11.3 Å². The first-order valence-electron chi connectivity index (χ1n) is 7.90. The van der Waals surface area contributed by atoms with Crippen molar-refractivity contribution >= 4 is 28.9 Å². The van der Waals surface area contributed by atoms with Crippen LogP contribution in [0.5, 0.6) is 0 Å². The molecule has 0 aliphatic carbocycles. The number of thiocarbonyl (C=S) groups is 1. The number of halogens is 2. The third kappa shape index (κ3) is 3.93. The monoisotopic (exact) mass is 361 g/mol. The molecule has 2 aromatic rings. The Balaban J connectivity index is 1.58. The largest absolute Gasteiger partial charge is 0.366 e. The molecule has 1 amide bonds. The van der Waals surface area contributed by atoms with E-state index in [0.717, 1.165) is 0 Å². The second-order valence-electron chi connectivity index (χ2n) is 5.66.